The Hall–Kier alpha value is -1.20. The van der Waals surface area contributed by atoms with Gasteiger partial charge in [0.05, 0.1) is 25.4 Å². The molecule has 0 bridgehead atoms. The van der Waals surface area contributed by atoms with E-state index < -0.39 is 0 Å². The molecule has 1 aliphatic carbocycles. The number of nitrogens with zero attached hydrogens (tertiary/aromatic N) is 1. The SMILES string of the molecule is CC(C)C/C=C(\CN1CCC2(CC1)[C@H](O)C[C@@H]2OCCO)c1ccccc1. The van der Waals surface area contributed by atoms with Crippen LogP contribution in [-0.4, -0.2) is 60.2 Å². The number of aliphatic hydroxyl groups excluding tert-OH is 2. The lowest BCUT2D eigenvalue weighted by Crippen LogP contribution is -2.62. The van der Waals surface area contributed by atoms with Crippen LogP contribution in [0.5, 0.6) is 0 Å². The lowest BCUT2D eigenvalue weighted by molar-refractivity contribution is -0.212. The highest BCUT2D eigenvalue weighted by atomic mass is 16.5. The van der Waals surface area contributed by atoms with E-state index in [2.05, 4.69) is 55.2 Å². The standard InChI is InChI=1S/C23H35NO3/c1-18(2)8-9-20(19-6-4-3-5-7-19)17-24-12-10-23(11-13-24)21(26)16-22(23)27-15-14-25/h3-7,9,18,21-22,25-26H,8,10-17H2,1-2H3/b20-9+/t21-,22+/m1/s1. The molecule has 2 fully saturated rings. The van der Waals surface area contributed by atoms with Crippen LogP contribution in [0.4, 0.5) is 0 Å². The van der Waals surface area contributed by atoms with Gasteiger partial charge in [0, 0.05) is 18.4 Å². The number of rotatable bonds is 8. The molecule has 1 saturated heterocycles. The lowest BCUT2D eigenvalue weighted by Gasteiger charge is -2.56. The minimum atomic E-state index is -0.256. The third kappa shape index (κ3) is 4.80. The van der Waals surface area contributed by atoms with Gasteiger partial charge in [-0.25, -0.2) is 0 Å². The number of piperidine rings is 1. The lowest BCUT2D eigenvalue weighted by atomic mass is 9.58. The van der Waals surface area contributed by atoms with E-state index in [9.17, 15) is 5.11 Å². The van der Waals surface area contributed by atoms with Crippen molar-refractivity contribution < 1.29 is 14.9 Å². The van der Waals surface area contributed by atoms with Crippen LogP contribution >= 0.6 is 0 Å². The Bertz CT molecular complexity index is 605. The molecule has 4 heteroatoms. The van der Waals surface area contributed by atoms with Crippen LogP contribution in [0.3, 0.4) is 0 Å². The molecule has 2 N–H and O–H groups in total. The highest BCUT2D eigenvalue weighted by Gasteiger charge is 2.56. The molecule has 2 atom stereocenters. The summed E-state index contributed by atoms with van der Waals surface area (Å²) >= 11 is 0. The molecule has 1 heterocycles. The molecule has 1 spiro atoms. The number of likely N-dealkylation sites (tertiary alicyclic amines) is 1. The molecule has 3 rings (SSSR count). The van der Waals surface area contributed by atoms with Crippen molar-refractivity contribution >= 4 is 5.57 Å². The van der Waals surface area contributed by atoms with E-state index in [0.29, 0.717) is 18.9 Å². The van der Waals surface area contributed by atoms with Crippen molar-refractivity contribution in [2.24, 2.45) is 11.3 Å². The summed E-state index contributed by atoms with van der Waals surface area (Å²) in [5, 5.41) is 19.4. The first-order valence-corrected chi connectivity index (χ1v) is 10.4. The summed E-state index contributed by atoms with van der Waals surface area (Å²) in [5.74, 6) is 0.655. The quantitative estimate of drug-likeness (QED) is 0.734. The largest absolute Gasteiger partial charge is 0.394 e. The average Bonchev–Trinajstić information content (AvgIpc) is 2.69. The normalized spacial score (nSPS) is 25.7. The van der Waals surface area contributed by atoms with Gasteiger partial charge in [0.2, 0.25) is 0 Å². The van der Waals surface area contributed by atoms with Crippen molar-refractivity contribution in [3.05, 3.63) is 42.0 Å². The van der Waals surface area contributed by atoms with E-state index in [1.54, 1.807) is 0 Å². The molecular weight excluding hydrogens is 338 g/mol. The molecule has 1 saturated carbocycles. The van der Waals surface area contributed by atoms with Gasteiger partial charge in [0.15, 0.2) is 0 Å². The minimum absolute atomic E-state index is 0.0515. The van der Waals surface area contributed by atoms with Crippen LogP contribution in [0.2, 0.25) is 0 Å². The molecule has 150 valence electrons. The van der Waals surface area contributed by atoms with Gasteiger partial charge in [-0.2, -0.15) is 0 Å². The Morgan fingerprint density at radius 1 is 1.26 bits per heavy atom. The first-order chi connectivity index (χ1) is 13.0. The van der Waals surface area contributed by atoms with Crippen molar-refractivity contribution in [1.29, 1.82) is 0 Å². The van der Waals surface area contributed by atoms with Gasteiger partial charge in [-0.1, -0.05) is 50.3 Å². The number of ether oxygens (including phenoxy) is 1. The van der Waals surface area contributed by atoms with Crippen molar-refractivity contribution in [3.63, 3.8) is 0 Å². The summed E-state index contributed by atoms with van der Waals surface area (Å²) in [4.78, 5) is 2.51. The minimum Gasteiger partial charge on any atom is -0.394 e. The fourth-order valence-electron chi connectivity index (χ4n) is 4.48. The maximum absolute atomic E-state index is 10.4. The Morgan fingerprint density at radius 2 is 1.96 bits per heavy atom. The summed E-state index contributed by atoms with van der Waals surface area (Å²) in [5.41, 5.74) is 2.62. The highest BCUT2D eigenvalue weighted by molar-refractivity contribution is 5.66. The number of benzene rings is 1. The van der Waals surface area contributed by atoms with Crippen molar-refractivity contribution in [1.82, 2.24) is 4.90 Å². The summed E-state index contributed by atoms with van der Waals surface area (Å²) in [6.07, 6.45) is 5.99. The molecule has 1 aliphatic heterocycles. The second-order valence-electron chi connectivity index (χ2n) is 8.57. The molecule has 0 unspecified atom stereocenters. The summed E-state index contributed by atoms with van der Waals surface area (Å²) in [6.45, 7) is 7.88. The van der Waals surface area contributed by atoms with Gasteiger partial charge in [-0.15, -0.1) is 0 Å². The second kappa shape index (κ2) is 9.33. The number of hydrogen-bond donors (Lipinski definition) is 2. The Labute approximate surface area is 163 Å². The fraction of sp³-hybridized carbons (Fsp3) is 0.652. The molecule has 0 aromatic heterocycles. The van der Waals surface area contributed by atoms with Crippen molar-refractivity contribution in [3.8, 4) is 0 Å². The fourth-order valence-corrected chi connectivity index (χ4v) is 4.48. The van der Waals surface area contributed by atoms with E-state index in [-0.39, 0.29) is 24.2 Å². The highest BCUT2D eigenvalue weighted by Crippen LogP contribution is 2.51. The molecule has 1 aromatic rings. The van der Waals surface area contributed by atoms with Crippen molar-refractivity contribution in [2.45, 2.75) is 51.7 Å². The van der Waals surface area contributed by atoms with Gasteiger partial charge in [0.1, 0.15) is 0 Å². The zero-order valence-corrected chi connectivity index (χ0v) is 16.8. The van der Waals surface area contributed by atoms with Gasteiger partial charge in [-0.05, 0) is 49.4 Å². The monoisotopic (exact) mass is 373 g/mol. The molecule has 27 heavy (non-hydrogen) atoms. The predicted octanol–water partition coefficient (Wildman–Crippen LogP) is 3.34. The van der Waals surface area contributed by atoms with Gasteiger partial charge in [-0.3, -0.25) is 4.90 Å². The second-order valence-corrected chi connectivity index (χ2v) is 8.57. The van der Waals surface area contributed by atoms with Crippen LogP contribution < -0.4 is 0 Å². The number of hydrogen-bond acceptors (Lipinski definition) is 4. The van der Waals surface area contributed by atoms with E-state index in [1.165, 1.54) is 11.1 Å². The Balaban J connectivity index is 1.61. The van der Waals surface area contributed by atoms with Crippen LogP contribution in [0.25, 0.3) is 5.57 Å². The third-order valence-corrected chi connectivity index (χ3v) is 6.31. The zero-order valence-electron chi connectivity index (χ0n) is 16.8. The predicted molar refractivity (Wildman–Crippen MR) is 109 cm³/mol. The van der Waals surface area contributed by atoms with Gasteiger partial charge < -0.3 is 14.9 Å². The van der Waals surface area contributed by atoms with Crippen LogP contribution in [0.1, 0.15) is 45.1 Å². The smallest absolute Gasteiger partial charge is 0.0701 e. The van der Waals surface area contributed by atoms with Gasteiger partial charge in [0.25, 0.3) is 0 Å². The van der Waals surface area contributed by atoms with Gasteiger partial charge >= 0.3 is 0 Å². The molecular formula is C23H35NO3. The van der Waals surface area contributed by atoms with E-state index in [4.69, 9.17) is 9.84 Å². The number of aliphatic hydroxyl groups is 2. The molecule has 0 amide bonds. The summed E-state index contributed by atoms with van der Waals surface area (Å²) in [6, 6.07) is 10.7. The first kappa shape index (κ1) is 20.5. The third-order valence-electron chi connectivity index (χ3n) is 6.31. The number of allylic oxidation sites excluding steroid dienone is 1. The van der Waals surface area contributed by atoms with Crippen LogP contribution in [-0.2, 0) is 4.74 Å². The summed E-state index contributed by atoms with van der Waals surface area (Å²) in [7, 11) is 0. The van der Waals surface area contributed by atoms with Crippen LogP contribution in [0, 0.1) is 11.3 Å². The molecule has 1 aromatic carbocycles. The van der Waals surface area contributed by atoms with Crippen LogP contribution in [0.15, 0.2) is 36.4 Å². The van der Waals surface area contributed by atoms with E-state index in [1.807, 2.05) is 0 Å². The van der Waals surface area contributed by atoms with E-state index in [0.717, 1.165) is 38.9 Å². The molecule has 2 aliphatic rings. The zero-order chi connectivity index (χ0) is 19.3. The average molecular weight is 374 g/mol. The van der Waals surface area contributed by atoms with Crippen molar-refractivity contribution in [2.75, 3.05) is 32.8 Å². The molecule has 4 nitrogen and oxygen atoms in total. The Kier molecular flexibility index (Phi) is 7.10. The summed E-state index contributed by atoms with van der Waals surface area (Å²) < 4.78 is 5.80. The first-order valence-electron chi connectivity index (χ1n) is 10.4. The Morgan fingerprint density at radius 3 is 2.56 bits per heavy atom. The maximum Gasteiger partial charge on any atom is 0.0701 e. The maximum atomic E-state index is 10.4. The van der Waals surface area contributed by atoms with E-state index >= 15 is 0 Å². The molecule has 0 radical (unpaired) electrons. The topological polar surface area (TPSA) is 52.9 Å².